The van der Waals surface area contributed by atoms with E-state index in [1.54, 1.807) is 30.6 Å². The number of hydrogen-bond acceptors (Lipinski definition) is 4. The van der Waals surface area contributed by atoms with Crippen molar-refractivity contribution in [1.82, 2.24) is 5.32 Å². The third kappa shape index (κ3) is 3.46. The minimum absolute atomic E-state index is 0.0654. The Balaban J connectivity index is 3.01. The summed E-state index contributed by atoms with van der Waals surface area (Å²) in [5.41, 5.74) is 0.422. The molecule has 0 radical (unpaired) electrons. The molecule has 0 aliphatic rings. The minimum Gasteiger partial charge on any atom is -0.506 e. The van der Waals surface area contributed by atoms with Crippen LogP contribution in [0.25, 0.3) is 0 Å². The van der Waals surface area contributed by atoms with Crippen LogP contribution in [-0.2, 0) is 0 Å². The van der Waals surface area contributed by atoms with Gasteiger partial charge in [0.15, 0.2) is 11.4 Å². The molecule has 0 aromatic heterocycles. The number of hydrogen-bond donors (Lipinski definition) is 2. The molecule has 0 aliphatic heterocycles. The van der Waals surface area contributed by atoms with E-state index in [0.29, 0.717) is 10.9 Å². The average molecular weight is 286 g/mol. The van der Waals surface area contributed by atoms with E-state index in [4.69, 9.17) is 5.26 Å². The fourth-order valence-electron chi connectivity index (χ4n) is 0.873. The van der Waals surface area contributed by atoms with Crippen LogP contribution in [0.2, 0.25) is 0 Å². The van der Waals surface area contributed by atoms with Crippen molar-refractivity contribution in [2.75, 3.05) is 6.26 Å². The van der Waals surface area contributed by atoms with Crippen LogP contribution in [0.3, 0.4) is 0 Å². The Kier molecular flexibility index (Phi) is 4.46. The number of amidine groups is 1. The quantitative estimate of drug-likeness (QED) is 0.360. The first-order valence-corrected chi connectivity index (χ1v) is 5.95. The molecule has 0 saturated heterocycles. The summed E-state index contributed by atoms with van der Waals surface area (Å²) >= 11 is 4.52. The number of aromatic hydroxyl groups is 1. The lowest BCUT2D eigenvalue weighted by Gasteiger charge is -2.02. The zero-order valence-corrected chi connectivity index (χ0v) is 10.3. The van der Waals surface area contributed by atoms with E-state index < -0.39 is 0 Å². The zero-order valence-electron chi connectivity index (χ0n) is 7.86. The summed E-state index contributed by atoms with van der Waals surface area (Å²) in [6.07, 6.45) is 3.57. The topological polar surface area (TPSA) is 68.4 Å². The first-order chi connectivity index (χ1) is 7.17. The van der Waals surface area contributed by atoms with Gasteiger partial charge in [0.25, 0.3) is 0 Å². The molecular formula is C9H8BrN3OS. The first-order valence-electron chi connectivity index (χ1n) is 3.93. The number of phenolic OH excluding ortho intramolecular Hbond substituents is 1. The van der Waals surface area contributed by atoms with E-state index in [1.807, 2.05) is 0 Å². The van der Waals surface area contributed by atoms with E-state index in [0.717, 1.165) is 4.47 Å². The van der Waals surface area contributed by atoms with E-state index in [-0.39, 0.29) is 5.75 Å². The highest BCUT2D eigenvalue weighted by Gasteiger charge is 2.02. The van der Waals surface area contributed by atoms with Gasteiger partial charge in [0.05, 0.1) is 0 Å². The van der Waals surface area contributed by atoms with Crippen LogP contribution in [-0.4, -0.2) is 16.5 Å². The van der Waals surface area contributed by atoms with E-state index in [1.165, 1.54) is 11.8 Å². The standard InChI is InChI=1S/C9H8BrN3OS/c1-15-9(12-5-11)13-7-3-2-6(10)4-8(7)14/h2-4,14H,1H3,(H,12,13). The van der Waals surface area contributed by atoms with Crippen molar-refractivity contribution in [2.45, 2.75) is 0 Å². The van der Waals surface area contributed by atoms with Crippen molar-refractivity contribution in [1.29, 1.82) is 5.26 Å². The van der Waals surface area contributed by atoms with E-state index >= 15 is 0 Å². The van der Waals surface area contributed by atoms with Crippen molar-refractivity contribution in [3.8, 4) is 11.9 Å². The highest BCUT2D eigenvalue weighted by atomic mass is 79.9. The summed E-state index contributed by atoms with van der Waals surface area (Å²) in [7, 11) is 0. The van der Waals surface area contributed by atoms with Gasteiger partial charge in [-0.2, -0.15) is 5.26 Å². The van der Waals surface area contributed by atoms with Crippen LogP contribution in [0.15, 0.2) is 27.7 Å². The SMILES string of the molecule is CSC(=Nc1ccc(Br)cc1O)NC#N. The lowest BCUT2D eigenvalue weighted by atomic mass is 10.3. The number of phenols is 1. The summed E-state index contributed by atoms with van der Waals surface area (Å²) < 4.78 is 0.776. The van der Waals surface area contributed by atoms with Crippen molar-refractivity contribution >= 4 is 38.5 Å². The monoisotopic (exact) mass is 285 g/mol. The zero-order chi connectivity index (χ0) is 11.3. The fourth-order valence-corrected chi connectivity index (χ4v) is 1.56. The number of nitrogens with zero attached hydrogens (tertiary/aromatic N) is 2. The number of thioether (sulfide) groups is 1. The molecule has 1 aromatic carbocycles. The summed E-state index contributed by atoms with van der Waals surface area (Å²) in [5.74, 6) is 0.0654. The smallest absolute Gasteiger partial charge is 0.183 e. The van der Waals surface area contributed by atoms with Gasteiger partial charge in [0, 0.05) is 4.47 Å². The third-order valence-corrected chi connectivity index (χ3v) is 2.59. The molecule has 6 heteroatoms. The highest BCUT2D eigenvalue weighted by molar-refractivity contribution is 9.10. The largest absolute Gasteiger partial charge is 0.506 e. The average Bonchev–Trinajstić information content (AvgIpc) is 2.21. The molecule has 0 bridgehead atoms. The van der Waals surface area contributed by atoms with Crippen LogP contribution >= 0.6 is 27.7 Å². The predicted molar refractivity (Wildman–Crippen MR) is 65.2 cm³/mol. The molecule has 78 valence electrons. The van der Waals surface area contributed by atoms with Gasteiger partial charge in [-0.1, -0.05) is 27.7 Å². The molecule has 0 unspecified atom stereocenters. The summed E-state index contributed by atoms with van der Waals surface area (Å²) in [6.45, 7) is 0. The van der Waals surface area contributed by atoms with Crippen molar-refractivity contribution in [3.05, 3.63) is 22.7 Å². The second-order valence-electron chi connectivity index (χ2n) is 2.49. The number of aliphatic imine (C=N–C) groups is 1. The number of halogens is 1. The summed E-state index contributed by atoms with van der Waals surface area (Å²) in [4.78, 5) is 4.08. The Labute approximate surface area is 100 Å². The fraction of sp³-hybridized carbons (Fsp3) is 0.111. The minimum atomic E-state index is 0.0654. The van der Waals surface area contributed by atoms with Gasteiger partial charge in [-0.15, -0.1) is 0 Å². The van der Waals surface area contributed by atoms with Gasteiger partial charge < -0.3 is 5.11 Å². The molecule has 0 atom stereocenters. The second-order valence-corrected chi connectivity index (χ2v) is 4.20. The van der Waals surface area contributed by atoms with E-state index in [2.05, 4.69) is 26.2 Å². The molecule has 4 nitrogen and oxygen atoms in total. The van der Waals surface area contributed by atoms with Crippen LogP contribution in [0.1, 0.15) is 0 Å². The molecule has 15 heavy (non-hydrogen) atoms. The van der Waals surface area contributed by atoms with Crippen LogP contribution < -0.4 is 5.32 Å². The molecular weight excluding hydrogens is 278 g/mol. The van der Waals surface area contributed by atoms with Crippen LogP contribution in [0.4, 0.5) is 5.69 Å². The lowest BCUT2D eigenvalue weighted by molar-refractivity contribution is 0.476. The Hall–Kier alpha value is -1.19. The normalized spacial score (nSPS) is 10.9. The summed E-state index contributed by atoms with van der Waals surface area (Å²) in [5, 5.41) is 20.8. The molecule has 0 saturated carbocycles. The Morgan fingerprint density at radius 2 is 2.40 bits per heavy atom. The maximum atomic E-state index is 9.55. The first kappa shape index (κ1) is 11.9. The van der Waals surface area contributed by atoms with Gasteiger partial charge in [-0.05, 0) is 24.5 Å². The van der Waals surface area contributed by atoms with E-state index in [9.17, 15) is 5.11 Å². The van der Waals surface area contributed by atoms with Gasteiger partial charge in [-0.3, -0.25) is 5.32 Å². The van der Waals surface area contributed by atoms with Gasteiger partial charge >= 0.3 is 0 Å². The molecule has 0 aliphatic carbocycles. The third-order valence-electron chi connectivity index (χ3n) is 1.52. The van der Waals surface area contributed by atoms with Gasteiger partial charge in [-0.25, -0.2) is 4.99 Å². The Morgan fingerprint density at radius 1 is 1.67 bits per heavy atom. The molecule has 0 fully saturated rings. The molecule has 0 heterocycles. The van der Waals surface area contributed by atoms with Gasteiger partial charge in [0.1, 0.15) is 11.4 Å². The summed E-state index contributed by atoms with van der Waals surface area (Å²) in [6, 6.07) is 4.97. The van der Waals surface area contributed by atoms with Gasteiger partial charge in [0.2, 0.25) is 0 Å². The number of rotatable bonds is 1. The van der Waals surface area contributed by atoms with Crippen LogP contribution in [0.5, 0.6) is 5.75 Å². The predicted octanol–water partition coefficient (Wildman–Crippen LogP) is 2.58. The number of benzene rings is 1. The highest BCUT2D eigenvalue weighted by Crippen LogP contribution is 2.29. The van der Waals surface area contributed by atoms with Crippen LogP contribution in [0, 0.1) is 11.5 Å². The second kappa shape index (κ2) is 5.63. The molecule has 1 aromatic rings. The van der Waals surface area contributed by atoms with Crippen molar-refractivity contribution in [3.63, 3.8) is 0 Å². The molecule has 0 spiro atoms. The number of nitrogens with one attached hydrogen (secondary N) is 1. The lowest BCUT2D eigenvalue weighted by Crippen LogP contribution is -2.12. The van der Waals surface area contributed by atoms with Crippen molar-refractivity contribution < 1.29 is 5.11 Å². The van der Waals surface area contributed by atoms with Crippen molar-refractivity contribution in [2.24, 2.45) is 4.99 Å². The maximum Gasteiger partial charge on any atom is 0.183 e. The number of nitriles is 1. The maximum absolute atomic E-state index is 9.55. The Morgan fingerprint density at radius 3 is 2.93 bits per heavy atom. The molecule has 1 rings (SSSR count). The Bertz CT molecular complexity index is 428. The molecule has 0 amide bonds. The molecule has 2 N–H and O–H groups in total.